The van der Waals surface area contributed by atoms with Crippen LogP contribution < -0.4 is 10.6 Å². The first-order chi connectivity index (χ1) is 18.5. The number of nitrogens with zero attached hydrogens (tertiary/aromatic N) is 1. The Kier molecular flexibility index (Phi) is 7.70. The van der Waals surface area contributed by atoms with E-state index in [9.17, 15) is 14.4 Å². The predicted octanol–water partition coefficient (Wildman–Crippen LogP) is 4.60. The van der Waals surface area contributed by atoms with Crippen LogP contribution in [0.4, 0.5) is 10.5 Å². The molecular formula is C30H31N3O5. The molecule has 5 rings (SSSR count). The van der Waals surface area contributed by atoms with Gasteiger partial charge in [-0.25, -0.2) is 4.79 Å². The Morgan fingerprint density at radius 3 is 2.58 bits per heavy atom. The maximum absolute atomic E-state index is 13.5. The van der Waals surface area contributed by atoms with Gasteiger partial charge in [0.2, 0.25) is 5.91 Å². The minimum atomic E-state index is -0.883. The molecule has 3 aromatic rings. The van der Waals surface area contributed by atoms with Crippen LogP contribution >= 0.6 is 0 Å². The second-order valence-electron chi connectivity index (χ2n) is 9.69. The Morgan fingerprint density at radius 2 is 1.82 bits per heavy atom. The second-order valence-corrected chi connectivity index (χ2v) is 9.69. The molecule has 38 heavy (non-hydrogen) atoms. The molecule has 196 valence electrons. The summed E-state index contributed by atoms with van der Waals surface area (Å²) < 4.78 is 11.4. The number of ether oxygens (including phenoxy) is 2. The van der Waals surface area contributed by atoms with Crippen molar-refractivity contribution in [3.63, 3.8) is 0 Å². The SMILES string of the molecule is Cc1cccc(C(=O)Nc2cccc([C@@H]3OC(=O)N(Cc4ccccc4)[C@H]3C(=O)NC[C@@H]3CCCO3)c2)c1. The third-order valence-corrected chi connectivity index (χ3v) is 6.83. The van der Waals surface area contributed by atoms with Crippen molar-refractivity contribution >= 4 is 23.6 Å². The maximum atomic E-state index is 13.5. The smallest absolute Gasteiger partial charge is 0.411 e. The second kappa shape index (κ2) is 11.5. The molecule has 0 spiro atoms. The molecule has 0 aliphatic carbocycles. The van der Waals surface area contributed by atoms with E-state index in [1.807, 2.05) is 55.5 Å². The molecule has 0 saturated carbocycles. The van der Waals surface area contributed by atoms with Gasteiger partial charge in [-0.15, -0.1) is 0 Å². The van der Waals surface area contributed by atoms with Gasteiger partial charge in [0.1, 0.15) is 0 Å². The van der Waals surface area contributed by atoms with Gasteiger partial charge < -0.3 is 20.1 Å². The van der Waals surface area contributed by atoms with Gasteiger partial charge in [-0.3, -0.25) is 14.5 Å². The zero-order valence-electron chi connectivity index (χ0n) is 21.3. The van der Waals surface area contributed by atoms with E-state index in [2.05, 4.69) is 10.6 Å². The lowest BCUT2D eigenvalue weighted by molar-refractivity contribution is -0.126. The zero-order valence-corrected chi connectivity index (χ0v) is 21.3. The summed E-state index contributed by atoms with van der Waals surface area (Å²) in [5, 5.41) is 5.88. The Morgan fingerprint density at radius 1 is 1.00 bits per heavy atom. The molecule has 8 heteroatoms. The zero-order chi connectivity index (χ0) is 26.5. The highest BCUT2D eigenvalue weighted by Crippen LogP contribution is 2.35. The fourth-order valence-electron chi connectivity index (χ4n) is 4.90. The van der Waals surface area contributed by atoms with Crippen LogP contribution in [-0.4, -0.2) is 48.1 Å². The number of hydrogen-bond acceptors (Lipinski definition) is 5. The van der Waals surface area contributed by atoms with Crippen molar-refractivity contribution in [2.45, 2.75) is 44.6 Å². The maximum Gasteiger partial charge on any atom is 0.411 e. The van der Waals surface area contributed by atoms with Crippen molar-refractivity contribution in [3.8, 4) is 0 Å². The van der Waals surface area contributed by atoms with E-state index in [0.29, 0.717) is 30.0 Å². The molecule has 2 aliphatic heterocycles. The summed E-state index contributed by atoms with van der Waals surface area (Å²) in [6.45, 7) is 3.23. The van der Waals surface area contributed by atoms with E-state index in [-0.39, 0.29) is 24.5 Å². The molecule has 2 fully saturated rings. The number of anilines is 1. The highest BCUT2D eigenvalue weighted by atomic mass is 16.6. The Labute approximate surface area is 221 Å². The van der Waals surface area contributed by atoms with Crippen molar-refractivity contribution < 1.29 is 23.9 Å². The number of nitrogens with one attached hydrogen (secondary N) is 2. The summed E-state index contributed by atoms with van der Waals surface area (Å²) in [5.41, 5.74) is 3.59. The molecule has 8 nitrogen and oxygen atoms in total. The van der Waals surface area contributed by atoms with Gasteiger partial charge in [-0.05, 0) is 55.2 Å². The summed E-state index contributed by atoms with van der Waals surface area (Å²) >= 11 is 0. The van der Waals surface area contributed by atoms with Crippen molar-refractivity contribution in [3.05, 3.63) is 101 Å². The van der Waals surface area contributed by atoms with Crippen LogP contribution in [0.25, 0.3) is 0 Å². The average molecular weight is 514 g/mol. The van der Waals surface area contributed by atoms with Crippen LogP contribution in [0.1, 0.15) is 46.0 Å². The summed E-state index contributed by atoms with van der Waals surface area (Å²) in [6, 6.07) is 23.0. The Balaban J connectivity index is 1.38. The largest absolute Gasteiger partial charge is 0.438 e. The molecule has 2 saturated heterocycles. The molecule has 3 atom stereocenters. The van der Waals surface area contributed by atoms with E-state index >= 15 is 0 Å². The fraction of sp³-hybridized carbons (Fsp3) is 0.300. The number of amides is 3. The molecule has 2 N–H and O–H groups in total. The molecular weight excluding hydrogens is 482 g/mol. The van der Waals surface area contributed by atoms with Crippen LogP contribution in [0.15, 0.2) is 78.9 Å². The average Bonchev–Trinajstić information content (AvgIpc) is 3.56. The van der Waals surface area contributed by atoms with Crippen molar-refractivity contribution in [2.75, 3.05) is 18.5 Å². The first-order valence-electron chi connectivity index (χ1n) is 12.9. The predicted molar refractivity (Wildman–Crippen MR) is 143 cm³/mol. The minimum absolute atomic E-state index is 0.0295. The molecule has 0 bridgehead atoms. The quantitative estimate of drug-likeness (QED) is 0.459. The summed E-state index contributed by atoms with van der Waals surface area (Å²) in [4.78, 5) is 40.8. The van der Waals surface area contributed by atoms with E-state index in [0.717, 1.165) is 24.0 Å². The van der Waals surface area contributed by atoms with E-state index in [1.165, 1.54) is 4.90 Å². The van der Waals surface area contributed by atoms with Crippen molar-refractivity contribution in [2.24, 2.45) is 0 Å². The highest BCUT2D eigenvalue weighted by molar-refractivity contribution is 6.04. The van der Waals surface area contributed by atoms with Crippen molar-refractivity contribution in [1.29, 1.82) is 0 Å². The van der Waals surface area contributed by atoms with Crippen LogP contribution in [-0.2, 0) is 20.8 Å². The number of hydrogen-bond donors (Lipinski definition) is 2. The van der Waals surface area contributed by atoms with Crippen LogP contribution in [0.3, 0.4) is 0 Å². The fourth-order valence-corrected chi connectivity index (χ4v) is 4.90. The van der Waals surface area contributed by atoms with Crippen LogP contribution in [0.2, 0.25) is 0 Å². The molecule has 0 radical (unpaired) electrons. The first kappa shape index (κ1) is 25.5. The number of cyclic esters (lactones) is 1. The Hall–Kier alpha value is -4.17. The third kappa shape index (κ3) is 5.86. The summed E-state index contributed by atoms with van der Waals surface area (Å²) in [5.74, 6) is -0.549. The van der Waals surface area contributed by atoms with E-state index in [4.69, 9.17) is 9.47 Å². The first-order valence-corrected chi connectivity index (χ1v) is 12.9. The lowest BCUT2D eigenvalue weighted by Crippen LogP contribution is -2.47. The van der Waals surface area contributed by atoms with Crippen molar-refractivity contribution in [1.82, 2.24) is 10.2 Å². The molecule has 2 heterocycles. The molecule has 3 amide bonds. The van der Waals surface area contributed by atoms with E-state index in [1.54, 1.807) is 30.3 Å². The summed E-state index contributed by atoms with van der Waals surface area (Å²) in [6.07, 6.45) is 0.422. The highest BCUT2D eigenvalue weighted by Gasteiger charge is 2.47. The number of carbonyl (C=O) groups excluding carboxylic acids is 3. The minimum Gasteiger partial charge on any atom is -0.438 e. The molecule has 0 unspecified atom stereocenters. The van der Waals surface area contributed by atoms with Gasteiger partial charge in [0, 0.05) is 24.4 Å². The van der Waals surface area contributed by atoms with Crippen LogP contribution in [0.5, 0.6) is 0 Å². The van der Waals surface area contributed by atoms with Gasteiger partial charge in [-0.2, -0.15) is 0 Å². The standard InChI is InChI=1S/C30H31N3O5/c1-20-8-5-12-23(16-20)28(34)32-24-13-6-11-22(17-24)27-26(29(35)31-18-25-14-7-15-37-25)33(30(36)38-27)19-21-9-3-2-4-10-21/h2-6,8-13,16-17,25-27H,7,14-15,18-19H2,1H3,(H,31,35)(H,32,34)/t25-,26+,27-/m0/s1. The van der Waals surface area contributed by atoms with E-state index < -0.39 is 18.2 Å². The van der Waals surface area contributed by atoms with Gasteiger partial charge in [0.25, 0.3) is 5.91 Å². The molecule has 3 aromatic carbocycles. The number of carbonyl (C=O) groups is 3. The number of rotatable bonds is 8. The monoisotopic (exact) mass is 513 g/mol. The third-order valence-electron chi connectivity index (χ3n) is 6.83. The summed E-state index contributed by atoms with van der Waals surface area (Å²) in [7, 11) is 0. The normalized spacial score (nSPS) is 20.7. The van der Waals surface area contributed by atoms with Crippen LogP contribution in [0, 0.1) is 6.92 Å². The number of aryl methyl sites for hydroxylation is 1. The topological polar surface area (TPSA) is 97.0 Å². The Bertz CT molecular complexity index is 1310. The van der Waals surface area contributed by atoms with Gasteiger partial charge in [0.05, 0.1) is 12.6 Å². The van der Waals surface area contributed by atoms with Gasteiger partial charge in [0.15, 0.2) is 12.1 Å². The van der Waals surface area contributed by atoms with Gasteiger partial charge in [-0.1, -0.05) is 60.2 Å². The number of benzene rings is 3. The van der Waals surface area contributed by atoms with Gasteiger partial charge >= 0.3 is 6.09 Å². The lowest BCUT2D eigenvalue weighted by Gasteiger charge is -2.25. The molecule has 0 aromatic heterocycles. The lowest BCUT2D eigenvalue weighted by atomic mass is 10.00. The molecule has 2 aliphatic rings.